The van der Waals surface area contributed by atoms with Crippen LogP contribution in [-0.4, -0.2) is 90.3 Å². The Morgan fingerprint density at radius 3 is 1.77 bits per heavy atom. The molecule has 0 radical (unpaired) electrons. The molecule has 0 aromatic heterocycles. The molecule has 0 unspecified atom stereocenters. The van der Waals surface area contributed by atoms with Crippen LogP contribution in [0.25, 0.3) is 0 Å². The monoisotopic (exact) mass is 320 g/mol. The SMILES string of the molecule is CCNCCOCCOCCOCCOCCN(C)C(C)=O. The van der Waals surface area contributed by atoms with Gasteiger partial charge in [-0.3, -0.25) is 4.79 Å². The number of rotatable bonds is 16. The Hall–Kier alpha value is -0.730. The smallest absolute Gasteiger partial charge is 0.219 e. The van der Waals surface area contributed by atoms with Crippen LogP contribution in [0, 0.1) is 0 Å². The van der Waals surface area contributed by atoms with Gasteiger partial charge < -0.3 is 29.2 Å². The molecule has 0 atom stereocenters. The van der Waals surface area contributed by atoms with E-state index < -0.39 is 0 Å². The van der Waals surface area contributed by atoms with E-state index >= 15 is 0 Å². The number of amides is 1. The molecule has 22 heavy (non-hydrogen) atoms. The van der Waals surface area contributed by atoms with Crippen molar-refractivity contribution in [2.24, 2.45) is 0 Å². The Kier molecular flexibility index (Phi) is 16.1. The Balaban J connectivity index is 3.04. The second-order valence-electron chi connectivity index (χ2n) is 4.74. The second-order valence-corrected chi connectivity index (χ2v) is 4.74. The van der Waals surface area contributed by atoms with Crippen LogP contribution in [0.15, 0.2) is 0 Å². The third-order valence-electron chi connectivity index (χ3n) is 2.90. The number of nitrogens with zero attached hydrogens (tertiary/aromatic N) is 1. The van der Waals surface area contributed by atoms with Gasteiger partial charge in [0.25, 0.3) is 0 Å². The summed E-state index contributed by atoms with van der Waals surface area (Å²) in [5.74, 6) is 0.0441. The fourth-order valence-electron chi connectivity index (χ4n) is 1.44. The minimum atomic E-state index is 0.0441. The molecule has 0 heterocycles. The highest BCUT2D eigenvalue weighted by Gasteiger charge is 2.00. The Morgan fingerprint density at radius 1 is 0.864 bits per heavy atom. The molecular formula is C15H32N2O5. The van der Waals surface area contributed by atoms with E-state index in [1.807, 2.05) is 0 Å². The zero-order valence-electron chi connectivity index (χ0n) is 14.3. The lowest BCUT2D eigenvalue weighted by Gasteiger charge is -2.14. The van der Waals surface area contributed by atoms with Crippen LogP contribution in [-0.2, 0) is 23.7 Å². The van der Waals surface area contributed by atoms with Gasteiger partial charge in [-0.15, -0.1) is 0 Å². The third-order valence-corrected chi connectivity index (χ3v) is 2.90. The molecule has 7 heteroatoms. The Morgan fingerprint density at radius 2 is 1.32 bits per heavy atom. The van der Waals surface area contributed by atoms with E-state index in [0.717, 1.165) is 13.1 Å². The molecule has 132 valence electrons. The minimum absolute atomic E-state index is 0.0441. The predicted octanol–water partition coefficient (Wildman–Crippen LogP) is 0.141. The van der Waals surface area contributed by atoms with Gasteiger partial charge in [-0.2, -0.15) is 0 Å². The number of carbonyl (C=O) groups is 1. The van der Waals surface area contributed by atoms with Crippen molar-refractivity contribution in [3.05, 3.63) is 0 Å². The average Bonchev–Trinajstić information content (AvgIpc) is 2.50. The number of carbonyl (C=O) groups excluding carboxylic acids is 1. The van der Waals surface area contributed by atoms with Crippen LogP contribution >= 0.6 is 0 Å². The number of hydrogen-bond acceptors (Lipinski definition) is 6. The van der Waals surface area contributed by atoms with Crippen LogP contribution in [0.1, 0.15) is 13.8 Å². The zero-order chi connectivity index (χ0) is 16.5. The molecule has 0 saturated carbocycles. The van der Waals surface area contributed by atoms with E-state index in [1.54, 1.807) is 11.9 Å². The van der Waals surface area contributed by atoms with Gasteiger partial charge in [0.1, 0.15) is 0 Å². The van der Waals surface area contributed by atoms with E-state index in [9.17, 15) is 4.79 Å². The molecule has 0 fully saturated rings. The van der Waals surface area contributed by atoms with Gasteiger partial charge in [-0.05, 0) is 6.54 Å². The van der Waals surface area contributed by atoms with Crippen molar-refractivity contribution in [2.75, 3.05) is 79.5 Å². The molecule has 0 rings (SSSR count). The van der Waals surface area contributed by atoms with E-state index in [4.69, 9.17) is 18.9 Å². The van der Waals surface area contributed by atoms with Gasteiger partial charge in [0.15, 0.2) is 0 Å². The molecule has 0 aliphatic carbocycles. The van der Waals surface area contributed by atoms with Gasteiger partial charge in [-0.1, -0.05) is 6.92 Å². The first-order chi connectivity index (χ1) is 10.7. The van der Waals surface area contributed by atoms with Crippen molar-refractivity contribution >= 4 is 5.91 Å². The first-order valence-corrected chi connectivity index (χ1v) is 7.91. The first kappa shape index (κ1) is 21.3. The largest absolute Gasteiger partial charge is 0.378 e. The van der Waals surface area contributed by atoms with E-state index in [0.29, 0.717) is 59.4 Å². The molecular weight excluding hydrogens is 288 g/mol. The van der Waals surface area contributed by atoms with Crippen LogP contribution < -0.4 is 5.32 Å². The summed E-state index contributed by atoms with van der Waals surface area (Å²) in [6, 6.07) is 0. The summed E-state index contributed by atoms with van der Waals surface area (Å²) in [7, 11) is 1.75. The fraction of sp³-hybridized carbons (Fsp3) is 0.933. The van der Waals surface area contributed by atoms with Gasteiger partial charge >= 0.3 is 0 Å². The maximum Gasteiger partial charge on any atom is 0.219 e. The van der Waals surface area contributed by atoms with Gasteiger partial charge in [0.05, 0.1) is 52.9 Å². The fourth-order valence-corrected chi connectivity index (χ4v) is 1.44. The summed E-state index contributed by atoms with van der Waals surface area (Å²) in [5, 5.41) is 3.18. The van der Waals surface area contributed by atoms with Crippen LogP contribution in [0.4, 0.5) is 0 Å². The molecule has 0 aromatic carbocycles. The van der Waals surface area contributed by atoms with Gasteiger partial charge in [0.2, 0.25) is 5.91 Å². The minimum Gasteiger partial charge on any atom is -0.378 e. The molecule has 1 N–H and O–H groups in total. The van der Waals surface area contributed by atoms with Crippen molar-refractivity contribution in [3.63, 3.8) is 0 Å². The standard InChI is InChI=1S/C15H32N2O5/c1-4-16-5-7-19-9-11-21-13-14-22-12-10-20-8-6-17(3)15(2)18/h16H,4-14H2,1-3H3. The Labute approximate surface area is 134 Å². The van der Waals surface area contributed by atoms with Crippen molar-refractivity contribution in [1.82, 2.24) is 10.2 Å². The normalized spacial score (nSPS) is 10.9. The number of nitrogens with one attached hydrogen (secondary N) is 1. The zero-order valence-corrected chi connectivity index (χ0v) is 14.3. The first-order valence-electron chi connectivity index (χ1n) is 7.91. The lowest BCUT2D eigenvalue weighted by atomic mass is 10.5. The van der Waals surface area contributed by atoms with Gasteiger partial charge in [-0.25, -0.2) is 0 Å². The highest BCUT2D eigenvalue weighted by atomic mass is 16.6. The van der Waals surface area contributed by atoms with Crippen LogP contribution in [0.3, 0.4) is 0 Å². The topological polar surface area (TPSA) is 69.3 Å². The maximum absolute atomic E-state index is 10.9. The predicted molar refractivity (Wildman–Crippen MR) is 85.1 cm³/mol. The van der Waals surface area contributed by atoms with Gasteiger partial charge in [0, 0.05) is 27.1 Å². The van der Waals surface area contributed by atoms with Crippen molar-refractivity contribution in [3.8, 4) is 0 Å². The summed E-state index contributed by atoms with van der Waals surface area (Å²) in [5.41, 5.74) is 0. The van der Waals surface area contributed by atoms with E-state index in [2.05, 4.69) is 12.2 Å². The third kappa shape index (κ3) is 15.7. The van der Waals surface area contributed by atoms with E-state index in [-0.39, 0.29) is 5.91 Å². The summed E-state index contributed by atoms with van der Waals surface area (Å²) in [6.07, 6.45) is 0. The molecule has 0 spiro atoms. The molecule has 0 saturated heterocycles. The maximum atomic E-state index is 10.9. The lowest BCUT2D eigenvalue weighted by molar-refractivity contribution is -0.128. The quantitative estimate of drug-likeness (QED) is 0.408. The molecule has 0 bridgehead atoms. The van der Waals surface area contributed by atoms with Crippen molar-refractivity contribution in [2.45, 2.75) is 13.8 Å². The highest BCUT2D eigenvalue weighted by Crippen LogP contribution is 1.86. The highest BCUT2D eigenvalue weighted by molar-refractivity contribution is 5.72. The molecule has 7 nitrogen and oxygen atoms in total. The van der Waals surface area contributed by atoms with Crippen molar-refractivity contribution < 1.29 is 23.7 Å². The second kappa shape index (κ2) is 16.6. The molecule has 1 amide bonds. The van der Waals surface area contributed by atoms with Crippen LogP contribution in [0.5, 0.6) is 0 Å². The average molecular weight is 320 g/mol. The lowest BCUT2D eigenvalue weighted by Crippen LogP contribution is -2.28. The molecule has 0 aliphatic rings. The number of hydrogen-bond donors (Lipinski definition) is 1. The molecule has 0 aliphatic heterocycles. The summed E-state index contributed by atoms with van der Waals surface area (Å²) in [4.78, 5) is 12.6. The summed E-state index contributed by atoms with van der Waals surface area (Å²) >= 11 is 0. The summed E-state index contributed by atoms with van der Waals surface area (Å²) in [6.45, 7) is 10.7. The Bertz CT molecular complexity index is 254. The summed E-state index contributed by atoms with van der Waals surface area (Å²) < 4.78 is 21.5. The molecule has 0 aromatic rings. The van der Waals surface area contributed by atoms with Crippen molar-refractivity contribution in [1.29, 1.82) is 0 Å². The van der Waals surface area contributed by atoms with Crippen LogP contribution in [0.2, 0.25) is 0 Å². The van der Waals surface area contributed by atoms with E-state index in [1.165, 1.54) is 6.92 Å². The number of ether oxygens (including phenoxy) is 4. The number of likely N-dealkylation sites (N-methyl/N-ethyl adjacent to an activating group) is 2.